The molecule has 0 radical (unpaired) electrons. The highest BCUT2D eigenvalue weighted by Gasteiger charge is 2.32. The number of hydrogen-bond donors (Lipinski definition) is 1. The molecule has 0 saturated heterocycles. The fourth-order valence-corrected chi connectivity index (χ4v) is 5.06. The lowest BCUT2D eigenvalue weighted by Crippen LogP contribution is -2.14. The van der Waals surface area contributed by atoms with Crippen LogP contribution in [-0.4, -0.2) is 31.1 Å². The standard InChI is InChI=1S/C26H25FN6/c1-28-26-29-14-12-21(30-26)25-24(18-6-8-19(27)9-7-18)31-23-11-10-20(33(23)25)16-32-15-13-17-4-2-3-5-22(17)32/h2-6,8,12-15,20H,7,9-11,16H2,1H3,(H,28,29,30). The van der Waals surface area contributed by atoms with Crippen molar-refractivity contribution < 1.29 is 4.39 Å². The molecular weight excluding hydrogens is 415 g/mol. The van der Waals surface area contributed by atoms with Crippen molar-refractivity contribution >= 4 is 22.4 Å². The molecule has 7 heteroatoms. The molecule has 0 amide bonds. The van der Waals surface area contributed by atoms with Gasteiger partial charge in [-0.3, -0.25) is 0 Å². The summed E-state index contributed by atoms with van der Waals surface area (Å²) in [7, 11) is 1.82. The van der Waals surface area contributed by atoms with Gasteiger partial charge >= 0.3 is 0 Å². The van der Waals surface area contributed by atoms with E-state index in [0.29, 0.717) is 18.8 Å². The van der Waals surface area contributed by atoms with Crippen LogP contribution >= 0.6 is 0 Å². The van der Waals surface area contributed by atoms with Gasteiger partial charge in [-0.25, -0.2) is 19.3 Å². The van der Waals surface area contributed by atoms with E-state index >= 15 is 0 Å². The molecule has 1 aliphatic carbocycles. The van der Waals surface area contributed by atoms with Gasteiger partial charge in [0.1, 0.15) is 11.7 Å². The summed E-state index contributed by atoms with van der Waals surface area (Å²) >= 11 is 0. The molecule has 6 nitrogen and oxygen atoms in total. The molecule has 1 aliphatic heterocycles. The van der Waals surface area contributed by atoms with E-state index in [-0.39, 0.29) is 11.9 Å². The normalized spacial score (nSPS) is 17.7. The first-order valence-corrected chi connectivity index (χ1v) is 11.4. The number of benzene rings is 1. The lowest BCUT2D eigenvalue weighted by molar-refractivity contribution is 0.459. The maximum Gasteiger partial charge on any atom is 0.222 e. The SMILES string of the molecule is CNc1nccc(-c2c(C3=CC=C(F)CC3)nc3n2C(Cn2ccc4ccccc42)CC3)n1. The lowest BCUT2D eigenvalue weighted by atomic mass is 9.98. The minimum absolute atomic E-state index is 0.0797. The van der Waals surface area contributed by atoms with Crippen LogP contribution in [0.2, 0.25) is 0 Å². The number of imidazole rings is 1. The van der Waals surface area contributed by atoms with Crippen LogP contribution in [0.3, 0.4) is 0 Å². The number of nitrogens with one attached hydrogen (secondary N) is 1. The van der Waals surface area contributed by atoms with Crippen LogP contribution in [0.5, 0.6) is 0 Å². The molecule has 166 valence electrons. The van der Waals surface area contributed by atoms with Crippen molar-refractivity contribution in [1.82, 2.24) is 24.1 Å². The number of halogens is 1. The van der Waals surface area contributed by atoms with Crippen LogP contribution in [0, 0.1) is 0 Å². The maximum absolute atomic E-state index is 13.7. The first-order valence-electron chi connectivity index (χ1n) is 11.4. The van der Waals surface area contributed by atoms with Gasteiger partial charge in [-0.2, -0.15) is 0 Å². The summed E-state index contributed by atoms with van der Waals surface area (Å²) in [6.07, 6.45) is 10.4. The molecule has 0 saturated carbocycles. The molecule has 1 atom stereocenters. The minimum Gasteiger partial charge on any atom is -0.357 e. The molecule has 0 fully saturated rings. The molecule has 0 bridgehead atoms. The number of fused-ring (bicyclic) bond motifs is 2. The van der Waals surface area contributed by atoms with E-state index in [4.69, 9.17) is 9.97 Å². The number of hydrogen-bond acceptors (Lipinski definition) is 4. The second kappa shape index (κ2) is 7.99. The van der Waals surface area contributed by atoms with E-state index in [0.717, 1.165) is 47.9 Å². The van der Waals surface area contributed by atoms with Crippen LogP contribution < -0.4 is 5.32 Å². The Kier molecular flexibility index (Phi) is 4.82. The molecule has 3 aromatic heterocycles. The van der Waals surface area contributed by atoms with Gasteiger partial charge in [0.15, 0.2) is 0 Å². The molecule has 4 aromatic rings. The number of nitrogens with zero attached hydrogens (tertiary/aromatic N) is 5. The van der Waals surface area contributed by atoms with Gasteiger partial charge in [0.2, 0.25) is 5.95 Å². The molecule has 4 heterocycles. The Labute approximate surface area is 191 Å². The molecular formula is C26H25FN6. The Hall–Kier alpha value is -3.74. The Morgan fingerprint density at radius 3 is 2.82 bits per heavy atom. The molecule has 1 N–H and O–H groups in total. The predicted molar refractivity (Wildman–Crippen MR) is 128 cm³/mol. The van der Waals surface area contributed by atoms with Crippen LogP contribution in [0.4, 0.5) is 10.3 Å². The number of para-hydroxylation sites is 1. The van der Waals surface area contributed by atoms with Gasteiger partial charge in [-0.15, -0.1) is 0 Å². The summed E-state index contributed by atoms with van der Waals surface area (Å²) in [6, 6.07) is 12.8. The topological polar surface area (TPSA) is 60.6 Å². The zero-order chi connectivity index (χ0) is 22.4. The third-order valence-electron chi connectivity index (χ3n) is 6.66. The van der Waals surface area contributed by atoms with Crippen molar-refractivity contribution in [3.05, 3.63) is 78.3 Å². The second-order valence-electron chi connectivity index (χ2n) is 8.64. The van der Waals surface area contributed by atoms with Crippen LogP contribution in [0.1, 0.15) is 36.8 Å². The summed E-state index contributed by atoms with van der Waals surface area (Å²) in [5.41, 5.74) is 5.05. The smallest absolute Gasteiger partial charge is 0.222 e. The van der Waals surface area contributed by atoms with Crippen molar-refractivity contribution in [2.45, 2.75) is 38.3 Å². The third-order valence-corrected chi connectivity index (χ3v) is 6.66. The van der Waals surface area contributed by atoms with E-state index in [1.165, 1.54) is 10.9 Å². The number of aromatic nitrogens is 5. The number of rotatable bonds is 5. The largest absolute Gasteiger partial charge is 0.357 e. The van der Waals surface area contributed by atoms with Crippen LogP contribution in [-0.2, 0) is 13.0 Å². The average molecular weight is 441 g/mol. The monoisotopic (exact) mass is 440 g/mol. The molecule has 1 unspecified atom stereocenters. The van der Waals surface area contributed by atoms with Gasteiger partial charge in [-0.1, -0.05) is 24.3 Å². The van der Waals surface area contributed by atoms with Gasteiger partial charge < -0.3 is 14.5 Å². The van der Waals surface area contributed by atoms with Crippen LogP contribution in [0.15, 0.2) is 66.8 Å². The molecule has 0 spiro atoms. The van der Waals surface area contributed by atoms with E-state index in [1.54, 1.807) is 12.3 Å². The maximum atomic E-state index is 13.7. The second-order valence-corrected chi connectivity index (χ2v) is 8.64. The summed E-state index contributed by atoms with van der Waals surface area (Å²) in [5.74, 6) is 1.56. The molecule has 33 heavy (non-hydrogen) atoms. The highest BCUT2D eigenvalue weighted by Crippen LogP contribution is 2.40. The highest BCUT2D eigenvalue weighted by atomic mass is 19.1. The van der Waals surface area contributed by atoms with Gasteiger partial charge in [-0.05, 0) is 48.1 Å². The summed E-state index contributed by atoms with van der Waals surface area (Å²) in [6.45, 7) is 0.862. The zero-order valence-electron chi connectivity index (χ0n) is 18.5. The third kappa shape index (κ3) is 3.44. The summed E-state index contributed by atoms with van der Waals surface area (Å²) < 4.78 is 18.4. The minimum atomic E-state index is -0.0797. The highest BCUT2D eigenvalue weighted by molar-refractivity contribution is 5.80. The molecule has 1 aromatic carbocycles. The van der Waals surface area contributed by atoms with Crippen molar-refractivity contribution in [2.24, 2.45) is 0 Å². The van der Waals surface area contributed by atoms with E-state index in [1.807, 2.05) is 19.2 Å². The molecule has 2 aliphatic rings. The Bertz CT molecular complexity index is 1410. The van der Waals surface area contributed by atoms with Gasteiger partial charge in [0.25, 0.3) is 0 Å². The van der Waals surface area contributed by atoms with Crippen molar-refractivity contribution in [1.29, 1.82) is 0 Å². The van der Waals surface area contributed by atoms with Crippen molar-refractivity contribution in [3.8, 4) is 11.4 Å². The fourth-order valence-electron chi connectivity index (χ4n) is 5.06. The van der Waals surface area contributed by atoms with Crippen LogP contribution in [0.25, 0.3) is 27.9 Å². The average Bonchev–Trinajstić information content (AvgIpc) is 3.54. The van der Waals surface area contributed by atoms with Gasteiger partial charge in [0, 0.05) is 44.3 Å². The zero-order valence-corrected chi connectivity index (χ0v) is 18.5. The Morgan fingerprint density at radius 2 is 1.97 bits per heavy atom. The number of aryl methyl sites for hydroxylation is 1. The lowest BCUT2D eigenvalue weighted by Gasteiger charge is -2.19. The predicted octanol–water partition coefficient (Wildman–Crippen LogP) is 5.55. The van der Waals surface area contributed by atoms with E-state index in [9.17, 15) is 4.39 Å². The number of allylic oxidation sites excluding steroid dienone is 4. The van der Waals surface area contributed by atoms with Crippen molar-refractivity contribution in [2.75, 3.05) is 12.4 Å². The van der Waals surface area contributed by atoms with Gasteiger partial charge in [0.05, 0.1) is 23.1 Å². The first kappa shape index (κ1) is 19.9. The summed E-state index contributed by atoms with van der Waals surface area (Å²) in [5, 5.41) is 4.29. The number of anilines is 1. The quantitative estimate of drug-likeness (QED) is 0.442. The van der Waals surface area contributed by atoms with Crippen molar-refractivity contribution in [3.63, 3.8) is 0 Å². The Morgan fingerprint density at radius 1 is 1.06 bits per heavy atom. The van der Waals surface area contributed by atoms with E-state index < -0.39 is 0 Å². The summed E-state index contributed by atoms with van der Waals surface area (Å²) in [4.78, 5) is 14.1. The van der Waals surface area contributed by atoms with E-state index in [2.05, 4.69) is 56.0 Å². The molecule has 6 rings (SSSR count). The first-order chi connectivity index (χ1) is 16.2. The Balaban J connectivity index is 1.48. The fraction of sp³-hybridized carbons (Fsp3) is 0.269.